The number of benzene rings is 2. The van der Waals surface area contributed by atoms with Gasteiger partial charge in [-0.05, 0) is 49.4 Å². The lowest BCUT2D eigenvalue weighted by Crippen LogP contribution is -2.46. The van der Waals surface area contributed by atoms with Crippen molar-refractivity contribution in [3.8, 4) is 11.3 Å². The highest BCUT2D eigenvalue weighted by Gasteiger charge is 2.36. The summed E-state index contributed by atoms with van der Waals surface area (Å²) < 4.78 is 1.90. The van der Waals surface area contributed by atoms with Gasteiger partial charge in [0.2, 0.25) is 0 Å². The van der Waals surface area contributed by atoms with Crippen molar-refractivity contribution in [1.29, 1.82) is 0 Å². The number of nitrogens with zero attached hydrogens (tertiary/aromatic N) is 3. The monoisotopic (exact) mass is 544 g/mol. The second-order valence-corrected chi connectivity index (χ2v) is 11.1. The lowest BCUT2D eigenvalue weighted by atomic mass is 10.0. The number of aromatic nitrogens is 2. The second-order valence-electron chi connectivity index (χ2n) is 9.58. The first-order valence-corrected chi connectivity index (χ1v) is 13.8. The van der Waals surface area contributed by atoms with Gasteiger partial charge in [-0.3, -0.25) is 24.0 Å². The Morgan fingerprint density at radius 2 is 1.74 bits per heavy atom. The fourth-order valence-corrected chi connectivity index (χ4v) is 6.54. The van der Waals surface area contributed by atoms with Crippen LogP contribution in [0.25, 0.3) is 11.3 Å². The largest absolute Gasteiger partial charge is 0.347 e. The molecular formula is C29H25ClN4O3S. The number of carbonyl (C=O) groups is 3. The zero-order valence-electron chi connectivity index (χ0n) is 20.5. The first kappa shape index (κ1) is 24.6. The van der Waals surface area contributed by atoms with Gasteiger partial charge in [0.15, 0.2) is 0 Å². The maximum absolute atomic E-state index is 13.5. The summed E-state index contributed by atoms with van der Waals surface area (Å²) in [5.74, 6) is -0.870. The van der Waals surface area contributed by atoms with Gasteiger partial charge in [0.25, 0.3) is 17.7 Å². The van der Waals surface area contributed by atoms with Gasteiger partial charge in [-0.1, -0.05) is 54.1 Å². The van der Waals surface area contributed by atoms with Gasteiger partial charge in [-0.25, -0.2) is 0 Å². The molecule has 9 heteroatoms. The topological polar surface area (TPSA) is 84.3 Å². The van der Waals surface area contributed by atoms with Gasteiger partial charge in [0.1, 0.15) is 0 Å². The van der Waals surface area contributed by atoms with Gasteiger partial charge in [-0.2, -0.15) is 5.10 Å². The molecule has 192 valence electrons. The predicted octanol–water partition coefficient (Wildman–Crippen LogP) is 5.24. The molecule has 0 aliphatic carbocycles. The molecule has 0 bridgehead atoms. The highest BCUT2D eigenvalue weighted by Crippen LogP contribution is 2.38. The zero-order chi connectivity index (χ0) is 26.2. The quantitative estimate of drug-likeness (QED) is 0.323. The third-order valence-corrected chi connectivity index (χ3v) is 8.57. The Morgan fingerprint density at radius 1 is 1.03 bits per heavy atom. The van der Waals surface area contributed by atoms with Crippen LogP contribution < -0.4 is 5.32 Å². The molecule has 1 N–H and O–H groups in total. The number of aryl methyl sites for hydroxylation is 3. The number of nitrogens with one attached hydrogen (secondary N) is 1. The molecule has 2 aliphatic heterocycles. The molecule has 0 radical (unpaired) electrons. The molecule has 6 rings (SSSR count). The van der Waals surface area contributed by atoms with E-state index in [4.69, 9.17) is 11.6 Å². The molecular weight excluding hydrogens is 520 g/mol. The Labute approximate surface area is 229 Å². The summed E-state index contributed by atoms with van der Waals surface area (Å²) in [7, 11) is 0. The van der Waals surface area contributed by atoms with Gasteiger partial charge in [-0.15, -0.1) is 11.3 Å². The summed E-state index contributed by atoms with van der Waals surface area (Å²) in [4.78, 5) is 42.5. The van der Waals surface area contributed by atoms with E-state index in [2.05, 4.69) is 10.4 Å². The zero-order valence-corrected chi connectivity index (χ0v) is 22.1. The van der Waals surface area contributed by atoms with Crippen molar-refractivity contribution in [1.82, 2.24) is 20.0 Å². The number of hydrogen-bond acceptors (Lipinski definition) is 5. The molecule has 0 saturated heterocycles. The Morgan fingerprint density at radius 3 is 2.47 bits per heavy atom. The van der Waals surface area contributed by atoms with Crippen LogP contribution in [0.15, 0.2) is 66.9 Å². The third-order valence-electron chi connectivity index (χ3n) is 7.10. The Balaban J connectivity index is 1.25. The van der Waals surface area contributed by atoms with Crippen LogP contribution in [0.2, 0.25) is 5.02 Å². The SMILES string of the molecule is O=C(NC(CCc1ccccc1)CN1C(=O)c2ccccc2C1=O)c1cc2c(s1)CCCn1ncc(Cl)c1-2. The van der Waals surface area contributed by atoms with E-state index in [1.165, 1.54) is 16.2 Å². The number of rotatable bonds is 7. The first-order valence-electron chi connectivity index (χ1n) is 12.6. The summed E-state index contributed by atoms with van der Waals surface area (Å²) in [6, 6.07) is 18.3. The number of hydrogen-bond donors (Lipinski definition) is 1. The standard InChI is InChI=1S/C29H25ClN4O3S/c30-23-16-31-34-14-6-11-24-22(26(23)34)15-25(38-24)27(35)32-19(13-12-18-7-2-1-3-8-18)17-33-28(36)20-9-4-5-10-21(20)29(33)37/h1-5,7-10,15-16,19H,6,11-14,17H2,(H,32,35). The van der Waals surface area contributed by atoms with Gasteiger partial charge in [0.05, 0.1) is 32.9 Å². The number of thiophene rings is 1. The van der Waals surface area contributed by atoms with Crippen molar-refractivity contribution in [2.45, 2.75) is 38.3 Å². The fraction of sp³-hybridized carbons (Fsp3) is 0.241. The lowest BCUT2D eigenvalue weighted by molar-refractivity contribution is 0.0627. The van der Waals surface area contributed by atoms with Crippen LogP contribution in [0.4, 0.5) is 0 Å². The van der Waals surface area contributed by atoms with E-state index in [1.54, 1.807) is 30.5 Å². The molecule has 1 atom stereocenters. The van der Waals surface area contributed by atoms with Crippen LogP contribution in [0.5, 0.6) is 0 Å². The minimum absolute atomic E-state index is 0.106. The van der Waals surface area contributed by atoms with Crippen LogP contribution in [0.1, 0.15) is 53.7 Å². The van der Waals surface area contributed by atoms with E-state index in [1.807, 2.05) is 41.1 Å². The van der Waals surface area contributed by atoms with Crippen molar-refractivity contribution < 1.29 is 14.4 Å². The smallest absolute Gasteiger partial charge is 0.261 e. The van der Waals surface area contributed by atoms with Crippen LogP contribution in [0.3, 0.4) is 0 Å². The van der Waals surface area contributed by atoms with Crippen molar-refractivity contribution in [3.63, 3.8) is 0 Å². The van der Waals surface area contributed by atoms with E-state index in [9.17, 15) is 14.4 Å². The second kappa shape index (κ2) is 10.2. The molecule has 7 nitrogen and oxygen atoms in total. The molecule has 4 aromatic rings. The highest BCUT2D eigenvalue weighted by molar-refractivity contribution is 7.14. The van der Waals surface area contributed by atoms with E-state index in [-0.39, 0.29) is 24.3 Å². The molecule has 2 aromatic heterocycles. The molecule has 4 heterocycles. The molecule has 0 fully saturated rings. The summed E-state index contributed by atoms with van der Waals surface area (Å²) in [6.45, 7) is 0.890. The van der Waals surface area contributed by atoms with E-state index in [0.29, 0.717) is 33.9 Å². The van der Waals surface area contributed by atoms with Crippen LogP contribution >= 0.6 is 22.9 Å². The van der Waals surface area contributed by atoms with E-state index in [0.717, 1.165) is 41.1 Å². The lowest BCUT2D eigenvalue weighted by Gasteiger charge is -2.23. The van der Waals surface area contributed by atoms with Gasteiger partial charge < -0.3 is 5.32 Å². The van der Waals surface area contributed by atoms with E-state index >= 15 is 0 Å². The van der Waals surface area contributed by atoms with Crippen molar-refractivity contribution in [3.05, 3.63) is 98.3 Å². The maximum atomic E-state index is 13.5. The number of carbonyl (C=O) groups excluding carboxylic acids is 3. The molecule has 38 heavy (non-hydrogen) atoms. The summed E-state index contributed by atoms with van der Waals surface area (Å²) >= 11 is 7.91. The first-order chi connectivity index (χ1) is 18.5. The molecule has 1 unspecified atom stereocenters. The van der Waals surface area contributed by atoms with Gasteiger partial charge in [0, 0.05) is 29.6 Å². The molecule has 2 aliphatic rings. The third kappa shape index (κ3) is 4.54. The number of imide groups is 1. The number of halogens is 1. The normalized spacial score (nSPS) is 15.0. The van der Waals surface area contributed by atoms with Crippen LogP contribution in [-0.2, 0) is 19.4 Å². The predicted molar refractivity (Wildman–Crippen MR) is 147 cm³/mol. The minimum atomic E-state index is -0.416. The van der Waals surface area contributed by atoms with Gasteiger partial charge >= 0.3 is 0 Å². The average Bonchev–Trinajstić information content (AvgIpc) is 3.55. The Bertz CT molecular complexity index is 1510. The fourth-order valence-electron chi connectivity index (χ4n) is 5.19. The number of fused-ring (bicyclic) bond motifs is 4. The Hall–Kier alpha value is -3.75. The summed E-state index contributed by atoms with van der Waals surface area (Å²) in [5, 5.41) is 8.08. The molecule has 0 spiro atoms. The average molecular weight is 545 g/mol. The van der Waals surface area contributed by atoms with Crippen molar-refractivity contribution in [2.75, 3.05) is 6.54 Å². The molecule has 0 saturated carbocycles. The summed E-state index contributed by atoms with van der Waals surface area (Å²) in [5.41, 5.74) is 3.73. The van der Waals surface area contributed by atoms with Crippen molar-refractivity contribution >= 4 is 40.7 Å². The molecule has 3 amide bonds. The highest BCUT2D eigenvalue weighted by atomic mass is 35.5. The maximum Gasteiger partial charge on any atom is 0.261 e. The Kier molecular flexibility index (Phi) is 6.59. The van der Waals surface area contributed by atoms with Crippen LogP contribution in [0, 0.1) is 0 Å². The van der Waals surface area contributed by atoms with Crippen LogP contribution in [-0.4, -0.2) is 45.0 Å². The minimum Gasteiger partial charge on any atom is -0.347 e. The van der Waals surface area contributed by atoms with Crippen molar-refractivity contribution in [2.24, 2.45) is 0 Å². The summed E-state index contributed by atoms with van der Waals surface area (Å²) in [6.07, 6.45) is 4.68. The van der Waals surface area contributed by atoms with E-state index < -0.39 is 6.04 Å². The molecule has 2 aromatic carbocycles. The number of amides is 3.